The number of ether oxygens (including phenoxy) is 2. The molecule has 0 aromatic rings. The monoisotopic (exact) mass is 154 g/mol. The first kappa shape index (κ1) is 7.32. The van der Waals surface area contributed by atoms with Gasteiger partial charge in [-0.05, 0) is 19.3 Å². The molecule has 1 aliphatic carbocycles. The average Bonchev–Trinajstić information content (AvgIpc) is 2.04. The van der Waals surface area contributed by atoms with Crippen LogP contribution in [0.5, 0.6) is 0 Å². The van der Waals surface area contributed by atoms with Crippen LogP contribution in [0, 0.1) is 0 Å². The minimum atomic E-state index is 0.310. The largest absolute Gasteiger partial charge is 0.373 e. The van der Waals surface area contributed by atoms with Crippen molar-refractivity contribution < 1.29 is 9.47 Å². The van der Waals surface area contributed by atoms with Gasteiger partial charge in [-0.2, -0.15) is 0 Å². The van der Waals surface area contributed by atoms with Crippen LogP contribution in [0.1, 0.15) is 19.3 Å². The SMILES string of the molecule is C=C1CCC2OCCOC2C1. The summed E-state index contributed by atoms with van der Waals surface area (Å²) in [6.07, 6.45) is 3.89. The molecule has 0 aromatic heterocycles. The van der Waals surface area contributed by atoms with E-state index in [0.29, 0.717) is 12.2 Å². The Bertz CT molecular complexity index is 165. The third kappa shape index (κ3) is 1.47. The van der Waals surface area contributed by atoms with Crippen LogP contribution in [0.25, 0.3) is 0 Å². The second-order valence-corrected chi connectivity index (χ2v) is 3.31. The average molecular weight is 154 g/mol. The highest BCUT2D eigenvalue weighted by Crippen LogP contribution is 2.28. The predicted molar refractivity (Wildman–Crippen MR) is 42.5 cm³/mol. The zero-order valence-electron chi connectivity index (χ0n) is 6.71. The minimum absolute atomic E-state index is 0.310. The van der Waals surface area contributed by atoms with Crippen LogP contribution in [0.4, 0.5) is 0 Å². The Kier molecular flexibility index (Phi) is 1.96. The summed E-state index contributed by atoms with van der Waals surface area (Å²) in [6, 6.07) is 0. The maximum atomic E-state index is 5.57. The Morgan fingerprint density at radius 1 is 1.18 bits per heavy atom. The van der Waals surface area contributed by atoms with Crippen molar-refractivity contribution in [2.75, 3.05) is 13.2 Å². The molecule has 0 radical (unpaired) electrons. The Morgan fingerprint density at radius 2 is 1.91 bits per heavy atom. The fourth-order valence-corrected chi connectivity index (χ4v) is 1.81. The van der Waals surface area contributed by atoms with Crippen LogP contribution < -0.4 is 0 Å². The van der Waals surface area contributed by atoms with Gasteiger partial charge in [0, 0.05) is 0 Å². The first-order chi connectivity index (χ1) is 5.36. The standard InChI is InChI=1S/C9H14O2/c1-7-2-3-8-9(6-7)11-5-4-10-8/h8-9H,1-6H2. The van der Waals surface area contributed by atoms with E-state index in [1.165, 1.54) is 5.57 Å². The molecule has 1 saturated heterocycles. The smallest absolute Gasteiger partial charge is 0.0874 e. The van der Waals surface area contributed by atoms with E-state index in [1.54, 1.807) is 0 Å². The molecule has 0 aromatic carbocycles. The summed E-state index contributed by atoms with van der Waals surface area (Å²) in [4.78, 5) is 0. The second kappa shape index (κ2) is 2.95. The van der Waals surface area contributed by atoms with Crippen molar-refractivity contribution in [3.63, 3.8) is 0 Å². The Balaban J connectivity index is 1.98. The lowest BCUT2D eigenvalue weighted by atomic mass is 9.90. The number of hydrogen-bond donors (Lipinski definition) is 0. The third-order valence-electron chi connectivity index (χ3n) is 2.43. The molecule has 2 nitrogen and oxygen atoms in total. The molecular weight excluding hydrogens is 140 g/mol. The number of rotatable bonds is 0. The zero-order valence-corrected chi connectivity index (χ0v) is 6.71. The van der Waals surface area contributed by atoms with Gasteiger partial charge >= 0.3 is 0 Å². The van der Waals surface area contributed by atoms with E-state index in [2.05, 4.69) is 6.58 Å². The maximum Gasteiger partial charge on any atom is 0.0874 e. The first-order valence-electron chi connectivity index (χ1n) is 4.26. The molecule has 1 heterocycles. The van der Waals surface area contributed by atoms with Crippen LogP contribution in [0.3, 0.4) is 0 Å². The fraction of sp³-hybridized carbons (Fsp3) is 0.778. The minimum Gasteiger partial charge on any atom is -0.373 e. The van der Waals surface area contributed by atoms with Gasteiger partial charge in [-0.25, -0.2) is 0 Å². The molecule has 1 saturated carbocycles. The summed E-state index contributed by atoms with van der Waals surface area (Å²) in [6.45, 7) is 5.50. The van der Waals surface area contributed by atoms with Crippen LogP contribution in [-0.4, -0.2) is 25.4 Å². The molecule has 2 unspecified atom stereocenters. The van der Waals surface area contributed by atoms with Gasteiger partial charge in [0.2, 0.25) is 0 Å². The van der Waals surface area contributed by atoms with Crippen LogP contribution in [-0.2, 0) is 9.47 Å². The Hall–Kier alpha value is -0.340. The third-order valence-corrected chi connectivity index (χ3v) is 2.43. The van der Waals surface area contributed by atoms with E-state index in [-0.39, 0.29) is 0 Å². The lowest BCUT2D eigenvalue weighted by Crippen LogP contribution is -2.40. The maximum absolute atomic E-state index is 5.57. The molecule has 2 aliphatic rings. The molecule has 0 bridgehead atoms. The lowest BCUT2D eigenvalue weighted by molar-refractivity contribution is -0.147. The van der Waals surface area contributed by atoms with Crippen LogP contribution >= 0.6 is 0 Å². The predicted octanol–water partition coefficient (Wildman–Crippen LogP) is 1.51. The van der Waals surface area contributed by atoms with Gasteiger partial charge in [-0.15, -0.1) is 0 Å². The van der Waals surface area contributed by atoms with Crippen molar-refractivity contribution in [3.05, 3.63) is 12.2 Å². The highest BCUT2D eigenvalue weighted by molar-refractivity contribution is 5.03. The normalized spacial score (nSPS) is 38.4. The zero-order chi connectivity index (χ0) is 7.68. The first-order valence-corrected chi connectivity index (χ1v) is 4.26. The van der Waals surface area contributed by atoms with Crippen molar-refractivity contribution in [3.8, 4) is 0 Å². The summed E-state index contributed by atoms with van der Waals surface area (Å²) in [5.41, 5.74) is 1.32. The van der Waals surface area contributed by atoms with Crippen molar-refractivity contribution >= 4 is 0 Å². The molecule has 2 heteroatoms. The molecule has 1 aliphatic heterocycles. The molecular formula is C9H14O2. The van der Waals surface area contributed by atoms with Crippen molar-refractivity contribution in [1.29, 1.82) is 0 Å². The highest BCUT2D eigenvalue weighted by atomic mass is 16.6. The van der Waals surface area contributed by atoms with E-state index in [0.717, 1.165) is 32.5 Å². The number of fused-ring (bicyclic) bond motifs is 1. The summed E-state index contributed by atoms with van der Waals surface area (Å²) in [7, 11) is 0. The summed E-state index contributed by atoms with van der Waals surface area (Å²) >= 11 is 0. The Labute approximate surface area is 67.2 Å². The lowest BCUT2D eigenvalue weighted by Gasteiger charge is -2.36. The van der Waals surface area contributed by atoms with Gasteiger partial charge in [0.05, 0.1) is 25.4 Å². The quantitative estimate of drug-likeness (QED) is 0.492. The van der Waals surface area contributed by atoms with Crippen molar-refractivity contribution in [2.45, 2.75) is 31.5 Å². The fourth-order valence-electron chi connectivity index (χ4n) is 1.81. The second-order valence-electron chi connectivity index (χ2n) is 3.31. The molecule has 0 spiro atoms. The molecule has 2 rings (SSSR count). The van der Waals surface area contributed by atoms with Gasteiger partial charge < -0.3 is 9.47 Å². The topological polar surface area (TPSA) is 18.5 Å². The highest BCUT2D eigenvalue weighted by Gasteiger charge is 2.30. The van der Waals surface area contributed by atoms with Crippen LogP contribution in [0.2, 0.25) is 0 Å². The van der Waals surface area contributed by atoms with E-state index in [4.69, 9.17) is 9.47 Å². The molecule has 2 atom stereocenters. The van der Waals surface area contributed by atoms with E-state index < -0.39 is 0 Å². The van der Waals surface area contributed by atoms with E-state index in [9.17, 15) is 0 Å². The van der Waals surface area contributed by atoms with Gasteiger partial charge in [-0.3, -0.25) is 0 Å². The summed E-state index contributed by atoms with van der Waals surface area (Å²) in [5.74, 6) is 0. The molecule has 62 valence electrons. The Morgan fingerprint density at radius 3 is 2.73 bits per heavy atom. The van der Waals surface area contributed by atoms with Gasteiger partial charge in [-0.1, -0.05) is 12.2 Å². The van der Waals surface area contributed by atoms with E-state index >= 15 is 0 Å². The van der Waals surface area contributed by atoms with Gasteiger partial charge in [0.15, 0.2) is 0 Å². The summed E-state index contributed by atoms with van der Waals surface area (Å²) < 4.78 is 11.1. The summed E-state index contributed by atoms with van der Waals surface area (Å²) in [5, 5.41) is 0. The van der Waals surface area contributed by atoms with Gasteiger partial charge in [0.1, 0.15) is 0 Å². The van der Waals surface area contributed by atoms with Gasteiger partial charge in [0.25, 0.3) is 0 Å². The van der Waals surface area contributed by atoms with Crippen LogP contribution in [0.15, 0.2) is 12.2 Å². The molecule has 2 fully saturated rings. The van der Waals surface area contributed by atoms with Crippen molar-refractivity contribution in [2.24, 2.45) is 0 Å². The molecule has 0 N–H and O–H groups in total. The molecule has 11 heavy (non-hydrogen) atoms. The van der Waals surface area contributed by atoms with E-state index in [1.807, 2.05) is 0 Å². The molecule has 0 amide bonds. The number of hydrogen-bond acceptors (Lipinski definition) is 2. The van der Waals surface area contributed by atoms with Crippen molar-refractivity contribution in [1.82, 2.24) is 0 Å².